The molecular weight excluding hydrogens is 323 g/mol. The molecule has 1 aliphatic rings. The lowest BCUT2D eigenvalue weighted by molar-refractivity contribution is -0.143. The number of benzene rings is 1. The summed E-state index contributed by atoms with van der Waals surface area (Å²) in [5.41, 5.74) is 0.504. The third-order valence-electron chi connectivity index (χ3n) is 4.02. The van der Waals surface area contributed by atoms with Gasteiger partial charge in [-0.2, -0.15) is 18.3 Å². The van der Waals surface area contributed by atoms with Crippen molar-refractivity contribution in [1.82, 2.24) is 14.7 Å². The van der Waals surface area contributed by atoms with E-state index in [1.54, 1.807) is 0 Å². The molecule has 128 valence electrons. The summed E-state index contributed by atoms with van der Waals surface area (Å²) in [6.45, 7) is 0.655. The summed E-state index contributed by atoms with van der Waals surface area (Å²) in [5, 5.41) is 12.4. The van der Waals surface area contributed by atoms with Crippen molar-refractivity contribution in [3.63, 3.8) is 0 Å². The minimum absolute atomic E-state index is 0.0888. The predicted octanol–water partition coefficient (Wildman–Crippen LogP) is 2.54. The van der Waals surface area contributed by atoms with Crippen LogP contribution in [0.5, 0.6) is 0 Å². The van der Waals surface area contributed by atoms with Gasteiger partial charge in [-0.15, -0.1) is 0 Å². The van der Waals surface area contributed by atoms with Crippen molar-refractivity contribution in [3.8, 4) is 0 Å². The Bertz CT molecular complexity index is 741. The molecule has 0 unspecified atom stereocenters. The number of carboxylic acids is 1. The summed E-state index contributed by atoms with van der Waals surface area (Å²) in [6.07, 6.45) is -4.25. The third kappa shape index (κ3) is 3.43. The van der Waals surface area contributed by atoms with Crippen molar-refractivity contribution in [1.29, 1.82) is 0 Å². The van der Waals surface area contributed by atoms with Gasteiger partial charge in [-0.25, -0.2) is 0 Å². The fourth-order valence-corrected chi connectivity index (χ4v) is 3.01. The number of carbonyl (C=O) groups is 1. The van der Waals surface area contributed by atoms with Crippen LogP contribution in [-0.4, -0.2) is 32.3 Å². The van der Waals surface area contributed by atoms with E-state index >= 15 is 0 Å². The molecule has 2 heterocycles. The molecule has 8 heteroatoms. The Labute approximate surface area is 136 Å². The van der Waals surface area contributed by atoms with E-state index in [2.05, 4.69) is 5.10 Å². The van der Waals surface area contributed by atoms with Gasteiger partial charge >= 0.3 is 12.1 Å². The standard InChI is InChI=1S/C16H16F3N3O2/c17-16(18,19)15-12-9-21(8-11-4-2-1-3-5-11)7-6-13(12)22(20-15)10-14(23)24/h1-5H,6-10H2,(H,23,24). The summed E-state index contributed by atoms with van der Waals surface area (Å²) in [4.78, 5) is 12.8. The maximum absolute atomic E-state index is 13.2. The first kappa shape index (κ1) is 16.5. The van der Waals surface area contributed by atoms with Gasteiger partial charge in [-0.1, -0.05) is 30.3 Å². The van der Waals surface area contributed by atoms with E-state index in [4.69, 9.17) is 5.11 Å². The van der Waals surface area contributed by atoms with Crippen LogP contribution in [0.15, 0.2) is 30.3 Å². The first-order chi connectivity index (χ1) is 11.3. The SMILES string of the molecule is O=C(O)Cn1nc(C(F)(F)F)c2c1CCN(Cc1ccccc1)C2. The van der Waals surface area contributed by atoms with Crippen LogP contribution < -0.4 is 0 Å². The Kier molecular flexibility index (Phi) is 4.31. The highest BCUT2D eigenvalue weighted by molar-refractivity contribution is 5.66. The van der Waals surface area contributed by atoms with Crippen molar-refractivity contribution < 1.29 is 23.1 Å². The molecule has 0 atom stereocenters. The summed E-state index contributed by atoms with van der Waals surface area (Å²) in [5.74, 6) is -1.21. The van der Waals surface area contributed by atoms with Crippen LogP contribution in [0.1, 0.15) is 22.5 Å². The van der Waals surface area contributed by atoms with Gasteiger partial charge in [0.15, 0.2) is 5.69 Å². The lowest BCUT2D eigenvalue weighted by Crippen LogP contribution is -2.31. The van der Waals surface area contributed by atoms with Gasteiger partial charge in [-0.3, -0.25) is 14.4 Å². The highest BCUT2D eigenvalue weighted by Gasteiger charge is 2.40. The predicted molar refractivity (Wildman–Crippen MR) is 79.1 cm³/mol. The number of rotatable bonds is 4. The molecule has 2 aromatic rings. The molecule has 0 fully saturated rings. The van der Waals surface area contributed by atoms with E-state index < -0.39 is 24.4 Å². The maximum Gasteiger partial charge on any atom is 0.435 e. The van der Waals surface area contributed by atoms with Crippen LogP contribution in [0.4, 0.5) is 13.2 Å². The van der Waals surface area contributed by atoms with Crippen LogP contribution in [0.3, 0.4) is 0 Å². The van der Waals surface area contributed by atoms with E-state index in [1.165, 1.54) is 0 Å². The van der Waals surface area contributed by atoms with Crippen molar-refractivity contribution in [3.05, 3.63) is 52.8 Å². The smallest absolute Gasteiger partial charge is 0.435 e. The van der Waals surface area contributed by atoms with E-state index in [-0.39, 0.29) is 12.1 Å². The summed E-state index contributed by atoms with van der Waals surface area (Å²) >= 11 is 0. The molecule has 0 amide bonds. The summed E-state index contributed by atoms with van der Waals surface area (Å²) in [7, 11) is 0. The highest BCUT2D eigenvalue weighted by Crippen LogP contribution is 2.35. The summed E-state index contributed by atoms with van der Waals surface area (Å²) in [6, 6.07) is 9.51. The van der Waals surface area contributed by atoms with Crippen molar-refractivity contribution in [2.24, 2.45) is 0 Å². The molecule has 1 aliphatic heterocycles. The molecule has 0 saturated carbocycles. The molecule has 1 aromatic carbocycles. The van der Waals surface area contributed by atoms with Gasteiger partial charge in [0.25, 0.3) is 0 Å². The average molecular weight is 339 g/mol. The Hall–Kier alpha value is -2.35. The first-order valence-corrected chi connectivity index (χ1v) is 7.48. The number of nitrogens with zero attached hydrogens (tertiary/aromatic N) is 3. The quantitative estimate of drug-likeness (QED) is 0.930. The fraction of sp³-hybridized carbons (Fsp3) is 0.375. The minimum Gasteiger partial charge on any atom is -0.480 e. The molecule has 5 nitrogen and oxygen atoms in total. The molecule has 0 spiro atoms. The molecule has 0 bridgehead atoms. The molecule has 24 heavy (non-hydrogen) atoms. The second-order valence-corrected chi connectivity index (χ2v) is 5.77. The van der Waals surface area contributed by atoms with Gasteiger partial charge in [0.05, 0.1) is 0 Å². The Balaban J connectivity index is 1.89. The van der Waals surface area contributed by atoms with Crippen LogP contribution in [0.25, 0.3) is 0 Å². The van der Waals surface area contributed by atoms with E-state index in [0.717, 1.165) is 10.2 Å². The van der Waals surface area contributed by atoms with Gasteiger partial charge in [0.1, 0.15) is 6.54 Å². The Morgan fingerprint density at radius 1 is 1.25 bits per heavy atom. The van der Waals surface area contributed by atoms with Crippen molar-refractivity contribution >= 4 is 5.97 Å². The van der Waals surface area contributed by atoms with Gasteiger partial charge < -0.3 is 5.11 Å². The second-order valence-electron chi connectivity index (χ2n) is 5.77. The van der Waals surface area contributed by atoms with E-state index in [9.17, 15) is 18.0 Å². The molecule has 1 N–H and O–H groups in total. The average Bonchev–Trinajstić information content (AvgIpc) is 2.86. The number of hydrogen-bond acceptors (Lipinski definition) is 3. The largest absolute Gasteiger partial charge is 0.480 e. The minimum atomic E-state index is -4.59. The maximum atomic E-state index is 13.2. The topological polar surface area (TPSA) is 58.4 Å². The number of carboxylic acid groups (broad SMARTS) is 1. The van der Waals surface area contributed by atoms with Gasteiger partial charge in [0, 0.05) is 37.3 Å². The first-order valence-electron chi connectivity index (χ1n) is 7.48. The van der Waals surface area contributed by atoms with Crippen LogP contribution in [0.2, 0.25) is 0 Å². The molecule has 0 aliphatic carbocycles. The molecule has 0 radical (unpaired) electrons. The number of hydrogen-bond donors (Lipinski definition) is 1. The summed E-state index contributed by atoms with van der Waals surface area (Å²) < 4.78 is 40.7. The zero-order valence-electron chi connectivity index (χ0n) is 12.8. The third-order valence-corrected chi connectivity index (χ3v) is 4.02. The van der Waals surface area contributed by atoms with Gasteiger partial charge in [-0.05, 0) is 5.56 Å². The molecular formula is C16H16F3N3O2. The Morgan fingerprint density at radius 3 is 2.58 bits per heavy atom. The molecule has 0 saturated heterocycles. The number of aliphatic carboxylic acids is 1. The lowest BCUT2D eigenvalue weighted by Gasteiger charge is -2.27. The molecule has 1 aromatic heterocycles. The van der Waals surface area contributed by atoms with Crippen LogP contribution in [-0.2, 0) is 37.0 Å². The van der Waals surface area contributed by atoms with Gasteiger partial charge in [0.2, 0.25) is 0 Å². The lowest BCUT2D eigenvalue weighted by atomic mass is 10.0. The van der Waals surface area contributed by atoms with E-state index in [0.29, 0.717) is 25.2 Å². The van der Waals surface area contributed by atoms with Crippen molar-refractivity contribution in [2.45, 2.75) is 32.2 Å². The number of halogens is 3. The molecule has 3 rings (SSSR count). The number of aromatic nitrogens is 2. The van der Waals surface area contributed by atoms with Crippen molar-refractivity contribution in [2.75, 3.05) is 6.54 Å². The fourth-order valence-electron chi connectivity index (χ4n) is 3.01. The zero-order chi connectivity index (χ0) is 17.3. The monoisotopic (exact) mass is 339 g/mol. The van der Waals surface area contributed by atoms with Crippen LogP contribution >= 0.6 is 0 Å². The highest BCUT2D eigenvalue weighted by atomic mass is 19.4. The number of fused-ring (bicyclic) bond motifs is 1. The van der Waals surface area contributed by atoms with E-state index in [1.807, 2.05) is 35.2 Å². The van der Waals surface area contributed by atoms with Crippen LogP contribution in [0, 0.1) is 0 Å². The second kappa shape index (κ2) is 6.27. The Morgan fingerprint density at radius 2 is 1.96 bits per heavy atom. The zero-order valence-corrected chi connectivity index (χ0v) is 12.8. The number of alkyl halides is 3. The normalized spacial score (nSPS) is 15.3.